The first-order valence-corrected chi connectivity index (χ1v) is 8.09. The summed E-state index contributed by atoms with van der Waals surface area (Å²) >= 11 is 0. The first-order chi connectivity index (χ1) is 11.7. The number of hydrogen-bond donors (Lipinski definition) is 3. The number of aromatic amines is 1. The molecular weight excluding hydrogens is 306 g/mol. The molecule has 0 aliphatic heterocycles. The van der Waals surface area contributed by atoms with Crippen LogP contribution in [0.15, 0.2) is 48.9 Å². The van der Waals surface area contributed by atoms with Crippen LogP contribution < -0.4 is 10.1 Å². The van der Waals surface area contributed by atoms with Crippen molar-refractivity contribution in [1.82, 2.24) is 15.3 Å². The van der Waals surface area contributed by atoms with Crippen LogP contribution in [0, 0.1) is 0 Å². The highest BCUT2D eigenvalue weighted by Gasteiger charge is 2.33. The molecule has 1 aromatic carbocycles. The summed E-state index contributed by atoms with van der Waals surface area (Å²) in [6.07, 6.45) is 7.61. The van der Waals surface area contributed by atoms with Gasteiger partial charge in [0.15, 0.2) is 0 Å². The Bertz CT molecular complexity index is 670. The fraction of sp³-hybridized carbons (Fsp3) is 0.333. The molecule has 6 heteroatoms. The van der Waals surface area contributed by atoms with E-state index in [0.717, 1.165) is 30.7 Å². The fourth-order valence-electron chi connectivity index (χ4n) is 2.85. The van der Waals surface area contributed by atoms with Gasteiger partial charge in [0.2, 0.25) is 5.91 Å². The molecular formula is C18H21N3O3. The summed E-state index contributed by atoms with van der Waals surface area (Å²) in [5.74, 6) is 0.488. The summed E-state index contributed by atoms with van der Waals surface area (Å²) in [5, 5.41) is 13.4. The summed E-state index contributed by atoms with van der Waals surface area (Å²) in [6, 6.07) is 9.11. The quantitative estimate of drug-likeness (QED) is 0.732. The van der Waals surface area contributed by atoms with Gasteiger partial charge in [0, 0.05) is 6.08 Å². The number of ether oxygens (including phenoxy) is 1. The number of aliphatic hydroxyl groups is 1. The van der Waals surface area contributed by atoms with Gasteiger partial charge >= 0.3 is 0 Å². The second kappa shape index (κ2) is 7.79. The average Bonchev–Trinajstić information content (AvgIpc) is 3.11. The lowest BCUT2D eigenvalue weighted by Crippen LogP contribution is -2.52. The van der Waals surface area contributed by atoms with Crippen LogP contribution >= 0.6 is 0 Å². The van der Waals surface area contributed by atoms with Gasteiger partial charge in [0.25, 0.3) is 0 Å². The predicted molar refractivity (Wildman–Crippen MR) is 90.3 cm³/mol. The number of carbonyl (C=O) groups is 1. The molecule has 0 spiro atoms. The Balaban J connectivity index is 1.56. The maximum absolute atomic E-state index is 12.0. The second-order valence-corrected chi connectivity index (χ2v) is 5.85. The third-order valence-corrected chi connectivity index (χ3v) is 4.09. The van der Waals surface area contributed by atoms with Crippen LogP contribution in [-0.2, 0) is 4.79 Å². The predicted octanol–water partition coefficient (Wildman–Crippen LogP) is 1.90. The minimum Gasteiger partial charge on any atom is -0.488 e. The van der Waals surface area contributed by atoms with Crippen LogP contribution in [-0.4, -0.2) is 39.2 Å². The highest BCUT2D eigenvalue weighted by Crippen LogP contribution is 2.24. The number of aromatic nitrogens is 2. The lowest BCUT2D eigenvalue weighted by molar-refractivity contribution is -0.119. The van der Waals surface area contributed by atoms with Gasteiger partial charge in [0.1, 0.15) is 18.0 Å². The molecule has 2 aromatic rings. The van der Waals surface area contributed by atoms with Gasteiger partial charge in [-0.1, -0.05) is 18.2 Å². The number of rotatable bonds is 5. The molecule has 1 fully saturated rings. The molecule has 1 aromatic heterocycles. The lowest BCUT2D eigenvalue weighted by atomic mass is 9.89. The van der Waals surface area contributed by atoms with Crippen LogP contribution in [0.3, 0.4) is 0 Å². The van der Waals surface area contributed by atoms with Crippen molar-refractivity contribution in [2.45, 2.75) is 37.5 Å². The standard InChI is InChI=1S/C18H21N3O3/c22-17(10-9-13-11-19-12-20-13)21-15-7-4-8-16(18(15)23)24-14-5-2-1-3-6-14/h1-3,5-6,9-12,15-16,18,23H,4,7-8H2,(H,19,20)(H,21,22)/b10-9+/t15-,16-,18-/m1/s1. The Morgan fingerprint density at radius 3 is 2.92 bits per heavy atom. The minimum atomic E-state index is -0.733. The van der Waals surface area contributed by atoms with E-state index < -0.39 is 6.10 Å². The highest BCUT2D eigenvalue weighted by molar-refractivity contribution is 5.91. The minimum absolute atomic E-state index is 0.242. The van der Waals surface area contributed by atoms with Crippen LogP contribution in [0.4, 0.5) is 0 Å². The second-order valence-electron chi connectivity index (χ2n) is 5.85. The highest BCUT2D eigenvalue weighted by atomic mass is 16.5. The fourth-order valence-corrected chi connectivity index (χ4v) is 2.85. The molecule has 126 valence electrons. The maximum atomic E-state index is 12.0. The molecule has 3 rings (SSSR count). The van der Waals surface area contributed by atoms with Crippen LogP contribution in [0.5, 0.6) is 5.75 Å². The third-order valence-electron chi connectivity index (χ3n) is 4.09. The summed E-state index contributed by atoms with van der Waals surface area (Å²) < 4.78 is 5.87. The Labute approximate surface area is 140 Å². The van der Waals surface area contributed by atoms with E-state index in [1.165, 1.54) is 6.08 Å². The Hall–Kier alpha value is -2.60. The van der Waals surface area contributed by atoms with E-state index in [1.807, 2.05) is 30.3 Å². The van der Waals surface area contributed by atoms with Gasteiger partial charge in [-0.15, -0.1) is 0 Å². The number of para-hydroxylation sites is 1. The number of carbonyl (C=O) groups excluding carboxylic acids is 1. The Morgan fingerprint density at radius 1 is 1.33 bits per heavy atom. The number of amides is 1. The molecule has 1 heterocycles. The van der Waals surface area contributed by atoms with E-state index in [2.05, 4.69) is 15.3 Å². The number of imidazole rings is 1. The molecule has 3 N–H and O–H groups in total. The number of nitrogens with zero attached hydrogens (tertiary/aromatic N) is 1. The van der Waals surface area contributed by atoms with Crippen molar-refractivity contribution >= 4 is 12.0 Å². The molecule has 1 aliphatic rings. The Kier molecular flexibility index (Phi) is 5.28. The van der Waals surface area contributed by atoms with Crippen molar-refractivity contribution in [3.63, 3.8) is 0 Å². The van der Waals surface area contributed by atoms with Gasteiger partial charge in [-0.3, -0.25) is 4.79 Å². The average molecular weight is 327 g/mol. The summed E-state index contributed by atoms with van der Waals surface area (Å²) in [5.41, 5.74) is 0.750. The molecule has 0 bridgehead atoms. The molecule has 3 atom stereocenters. The maximum Gasteiger partial charge on any atom is 0.244 e. The molecule has 1 amide bonds. The molecule has 0 radical (unpaired) electrons. The van der Waals surface area contributed by atoms with Crippen LogP contribution in [0.2, 0.25) is 0 Å². The van der Waals surface area contributed by atoms with Crippen molar-refractivity contribution in [1.29, 1.82) is 0 Å². The zero-order chi connectivity index (χ0) is 16.8. The van der Waals surface area contributed by atoms with E-state index in [0.29, 0.717) is 0 Å². The summed E-state index contributed by atoms with van der Waals surface area (Å²) in [4.78, 5) is 18.8. The van der Waals surface area contributed by atoms with Crippen LogP contribution in [0.25, 0.3) is 6.08 Å². The third kappa shape index (κ3) is 4.23. The first-order valence-electron chi connectivity index (χ1n) is 8.09. The number of benzene rings is 1. The molecule has 6 nitrogen and oxygen atoms in total. The normalized spacial score (nSPS) is 24.0. The zero-order valence-electron chi connectivity index (χ0n) is 13.3. The zero-order valence-corrected chi connectivity index (χ0v) is 13.3. The van der Waals surface area contributed by atoms with Crippen molar-refractivity contribution in [2.24, 2.45) is 0 Å². The van der Waals surface area contributed by atoms with Crippen molar-refractivity contribution in [2.75, 3.05) is 0 Å². The molecule has 1 aliphatic carbocycles. The molecule has 24 heavy (non-hydrogen) atoms. The smallest absolute Gasteiger partial charge is 0.244 e. The number of hydrogen-bond acceptors (Lipinski definition) is 4. The Morgan fingerprint density at radius 2 is 2.17 bits per heavy atom. The summed E-state index contributed by atoms with van der Waals surface area (Å²) in [7, 11) is 0. The number of nitrogens with one attached hydrogen (secondary N) is 2. The number of aliphatic hydroxyl groups excluding tert-OH is 1. The van der Waals surface area contributed by atoms with E-state index in [-0.39, 0.29) is 18.1 Å². The van der Waals surface area contributed by atoms with E-state index in [1.54, 1.807) is 18.6 Å². The van der Waals surface area contributed by atoms with Crippen molar-refractivity contribution in [3.8, 4) is 5.75 Å². The van der Waals surface area contributed by atoms with E-state index in [4.69, 9.17) is 4.74 Å². The topological polar surface area (TPSA) is 87.2 Å². The van der Waals surface area contributed by atoms with Crippen molar-refractivity contribution < 1.29 is 14.6 Å². The monoisotopic (exact) mass is 327 g/mol. The van der Waals surface area contributed by atoms with Gasteiger partial charge < -0.3 is 20.1 Å². The van der Waals surface area contributed by atoms with Gasteiger partial charge in [-0.2, -0.15) is 0 Å². The molecule has 1 saturated carbocycles. The van der Waals surface area contributed by atoms with Crippen molar-refractivity contribution in [3.05, 3.63) is 54.6 Å². The van der Waals surface area contributed by atoms with Gasteiger partial charge in [0.05, 0.1) is 24.3 Å². The number of H-pyrrole nitrogens is 1. The summed E-state index contributed by atoms with van der Waals surface area (Å²) in [6.45, 7) is 0. The van der Waals surface area contributed by atoms with Crippen LogP contribution in [0.1, 0.15) is 25.0 Å². The van der Waals surface area contributed by atoms with Gasteiger partial charge in [-0.05, 0) is 37.5 Å². The molecule has 0 saturated heterocycles. The van der Waals surface area contributed by atoms with E-state index in [9.17, 15) is 9.90 Å². The largest absolute Gasteiger partial charge is 0.488 e. The SMILES string of the molecule is O=C(/C=C/c1cnc[nH]1)N[C@@H]1CCC[C@@H](Oc2ccccc2)[C@@H]1O. The molecule has 0 unspecified atom stereocenters. The van der Waals surface area contributed by atoms with Gasteiger partial charge in [-0.25, -0.2) is 4.98 Å². The lowest BCUT2D eigenvalue weighted by Gasteiger charge is -2.35. The van der Waals surface area contributed by atoms with E-state index >= 15 is 0 Å². The first kappa shape index (κ1) is 16.3.